The van der Waals surface area contributed by atoms with Crippen LogP contribution < -0.4 is 10.6 Å². The zero-order chi connectivity index (χ0) is 23.4. The Hall–Kier alpha value is -3.56. The molecule has 1 atom stereocenters. The summed E-state index contributed by atoms with van der Waals surface area (Å²) in [4.78, 5) is 13.1. The molecule has 2 N–H and O–H groups in total. The quantitative estimate of drug-likeness (QED) is 0.350. The Morgan fingerprint density at radius 1 is 0.912 bits per heavy atom. The minimum atomic E-state index is -3.36. The van der Waals surface area contributed by atoms with Crippen molar-refractivity contribution in [2.24, 2.45) is 0 Å². The van der Waals surface area contributed by atoms with Crippen LogP contribution in [0.3, 0.4) is 0 Å². The van der Waals surface area contributed by atoms with Crippen LogP contribution in [0, 0.1) is 5.82 Å². The maximum Gasteiger partial charge on any atom is 0.175 e. The van der Waals surface area contributed by atoms with E-state index in [9.17, 15) is 12.8 Å². The van der Waals surface area contributed by atoms with E-state index in [1.54, 1.807) is 48.9 Å². The molecule has 34 heavy (non-hydrogen) atoms. The van der Waals surface area contributed by atoms with Gasteiger partial charge in [0.25, 0.3) is 0 Å². The SMILES string of the molecule is C[C@H](Nc1cc(-c2cccc(S(C)(=O)=O)c2)cc(Nc2cnccn2)n1)c1ccc(F)cc1.Cl. The fourth-order valence-corrected chi connectivity index (χ4v) is 3.96. The van der Waals surface area contributed by atoms with Crippen molar-refractivity contribution in [3.05, 3.63) is 90.6 Å². The fraction of sp³-hybridized carbons (Fsp3) is 0.125. The Labute approximate surface area is 203 Å². The van der Waals surface area contributed by atoms with Crippen LogP contribution in [0.15, 0.2) is 84.1 Å². The first-order valence-corrected chi connectivity index (χ1v) is 12.0. The summed E-state index contributed by atoms with van der Waals surface area (Å²) in [5, 5.41) is 6.46. The number of benzene rings is 2. The highest BCUT2D eigenvalue weighted by Gasteiger charge is 2.13. The molecule has 2 aromatic heterocycles. The second kappa shape index (κ2) is 10.6. The molecule has 7 nitrogen and oxygen atoms in total. The Morgan fingerprint density at radius 3 is 2.32 bits per heavy atom. The molecule has 176 valence electrons. The number of hydrogen-bond donors (Lipinski definition) is 2. The normalized spacial score (nSPS) is 11.9. The highest BCUT2D eigenvalue weighted by Crippen LogP contribution is 2.29. The third-order valence-electron chi connectivity index (χ3n) is 4.97. The van der Waals surface area contributed by atoms with Gasteiger partial charge in [-0.3, -0.25) is 4.98 Å². The second-order valence-corrected chi connectivity index (χ2v) is 9.58. The molecule has 0 amide bonds. The second-order valence-electron chi connectivity index (χ2n) is 7.56. The van der Waals surface area contributed by atoms with Crippen LogP contribution in [0.25, 0.3) is 11.1 Å². The summed E-state index contributed by atoms with van der Waals surface area (Å²) in [6, 6.07) is 16.5. The number of hydrogen-bond acceptors (Lipinski definition) is 7. The largest absolute Gasteiger partial charge is 0.363 e. The Balaban J connectivity index is 0.00000324. The summed E-state index contributed by atoms with van der Waals surface area (Å²) >= 11 is 0. The number of aromatic nitrogens is 3. The average molecular weight is 500 g/mol. The van der Waals surface area contributed by atoms with Crippen molar-refractivity contribution in [2.45, 2.75) is 17.9 Å². The Morgan fingerprint density at radius 2 is 1.65 bits per heavy atom. The van der Waals surface area contributed by atoms with E-state index < -0.39 is 9.84 Å². The summed E-state index contributed by atoms with van der Waals surface area (Å²) in [5.41, 5.74) is 2.38. The van der Waals surface area contributed by atoms with E-state index >= 15 is 0 Å². The van der Waals surface area contributed by atoms with Crippen LogP contribution in [0.4, 0.5) is 21.8 Å². The highest BCUT2D eigenvalue weighted by molar-refractivity contribution is 7.90. The van der Waals surface area contributed by atoms with Crippen molar-refractivity contribution in [2.75, 3.05) is 16.9 Å². The maximum atomic E-state index is 13.3. The molecular formula is C24H23ClFN5O2S. The minimum absolute atomic E-state index is 0. The zero-order valence-corrected chi connectivity index (χ0v) is 20.1. The van der Waals surface area contributed by atoms with Crippen molar-refractivity contribution in [1.82, 2.24) is 15.0 Å². The molecule has 0 unspecified atom stereocenters. The van der Waals surface area contributed by atoms with E-state index in [-0.39, 0.29) is 29.2 Å². The van der Waals surface area contributed by atoms with Crippen molar-refractivity contribution >= 4 is 39.7 Å². The highest BCUT2D eigenvalue weighted by atomic mass is 35.5. The van der Waals surface area contributed by atoms with Gasteiger partial charge in [0.2, 0.25) is 0 Å². The summed E-state index contributed by atoms with van der Waals surface area (Å²) in [7, 11) is -3.36. The number of pyridine rings is 1. The molecule has 0 saturated heterocycles. The Bertz CT molecular complexity index is 1370. The van der Waals surface area contributed by atoms with Gasteiger partial charge in [-0.05, 0) is 60.0 Å². The van der Waals surface area contributed by atoms with Gasteiger partial charge in [-0.15, -0.1) is 12.4 Å². The van der Waals surface area contributed by atoms with E-state index in [1.165, 1.54) is 18.4 Å². The minimum Gasteiger partial charge on any atom is -0.363 e. The third kappa shape index (κ3) is 6.27. The number of rotatable bonds is 7. The summed E-state index contributed by atoms with van der Waals surface area (Å²) < 4.78 is 37.4. The van der Waals surface area contributed by atoms with Gasteiger partial charge in [-0.25, -0.2) is 22.8 Å². The molecule has 10 heteroatoms. The molecule has 0 radical (unpaired) electrons. The maximum absolute atomic E-state index is 13.3. The molecule has 0 bridgehead atoms. The number of nitrogens with zero attached hydrogens (tertiary/aromatic N) is 3. The molecule has 0 aliphatic rings. The first-order valence-electron chi connectivity index (χ1n) is 10.2. The average Bonchev–Trinajstić information content (AvgIpc) is 2.79. The van der Waals surface area contributed by atoms with Gasteiger partial charge < -0.3 is 10.6 Å². The summed E-state index contributed by atoms with van der Waals surface area (Å²) in [6.07, 6.45) is 5.89. The van der Waals surface area contributed by atoms with Gasteiger partial charge in [0, 0.05) is 24.7 Å². The number of sulfone groups is 1. The first-order chi connectivity index (χ1) is 15.8. The van der Waals surface area contributed by atoms with Crippen LogP contribution in [-0.4, -0.2) is 29.6 Å². The molecule has 4 rings (SSSR count). The van der Waals surface area contributed by atoms with Crippen molar-refractivity contribution in [3.8, 4) is 11.1 Å². The summed E-state index contributed by atoms with van der Waals surface area (Å²) in [5.74, 6) is 1.28. The lowest BCUT2D eigenvalue weighted by Crippen LogP contribution is -2.09. The lowest BCUT2D eigenvalue weighted by molar-refractivity contribution is 0.602. The molecule has 0 saturated carbocycles. The van der Waals surface area contributed by atoms with Gasteiger partial charge in [-0.2, -0.15) is 0 Å². The van der Waals surface area contributed by atoms with Crippen LogP contribution in [0.1, 0.15) is 18.5 Å². The lowest BCUT2D eigenvalue weighted by atomic mass is 10.1. The molecule has 4 aromatic rings. The van der Waals surface area contributed by atoms with Gasteiger partial charge in [0.1, 0.15) is 23.3 Å². The monoisotopic (exact) mass is 499 g/mol. The van der Waals surface area contributed by atoms with Crippen molar-refractivity contribution < 1.29 is 12.8 Å². The molecule has 0 aliphatic heterocycles. The smallest absolute Gasteiger partial charge is 0.175 e. The van der Waals surface area contributed by atoms with Gasteiger partial charge in [0.15, 0.2) is 9.84 Å². The van der Waals surface area contributed by atoms with Crippen LogP contribution >= 0.6 is 12.4 Å². The standard InChI is InChI=1S/C24H22FN5O2S.ClH/c1-16(17-6-8-20(25)9-7-17)28-22-13-19(18-4-3-5-21(12-18)33(2,31)32)14-23(29-22)30-24-15-26-10-11-27-24;/h3-16H,1-2H3,(H2,27,28,29,30);1H/t16-;/m0./s1. The van der Waals surface area contributed by atoms with Gasteiger partial charge >= 0.3 is 0 Å². The van der Waals surface area contributed by atoms with E-state index in [0.717, 1.165) is 16.7 Å². The number of nitrogens with one attached hydrogen (secondary N) is 2. The number of anilines is 3. The predicted octanol–water partition coefficient (Wildman–Crippen LogP) is 5.42. The zero-order valence-electron chi connectivity index (χ0n) is 18.4. The van der Waals surface area contributed by atoms with E-state index in [0.29, 0.717) is 17.5 Å². The molecule has 0 spiro atoms. The van der Waals surface area contributed by atoms with E-state index in [2.05, 4.69) is 25.6 Å². The first kappa shape index (κ1) is 25.1. The molecule has 0 fully saturated rings. The summed E-state index contributed by atoms with van der Waals surface area (Å²) in [6.45, 7) is 1.95. The van der Waals surface area contributed by atoms with Crippen LogP contribution in [-0.2, 0) is 9.84 Å². The van der Waals surface area contributed by atoms with Gasteiger partial charge in [-0.1, -0.05) is 24.3 Å². The number of halogens is 2. The fourth-order valence-electron chi connectivity index (χ4n) is 3.29. The topological polar surface area (TPSA) is 96.9 Å². The van der Waals surface area contributed by atoms with Crippen LogP contribution in [0.2, 0.25) is 0 Å². The Kier molecular flexibility index (Phi) is 7.80. The van der Waals surface area contributed by atoms with E-state index in [4.69, 9.17) is 0 Å². The van der Waals surface area contributed by atoms with Crippen LogP contribution in [0.5, 0.6) is 0 Å². The third-order valence-corrected chi connectivity index (χ3v) is 6.08. The van der Waals surface area contributed by atoms with Gasteiger partial charge in [0.05, 0.1) is 11.1 Å². The predicted molar refractivity (Wildman–Crippen MR) is 134 cm³/mol. The molecule has 2 heterocycles. The molecular weight excluding hydrogens is 477 g/mol. The van der Waals surface area contributed by atoms with Crippen molar-refractivity contribution in [1.29, 1.82) is 0 Å². The van der Waals surface area contributed by atoms with Crippen molar-refractivity contribution in [3.63, 3.8) is 0 Å². The lowest BCUT2D eigenvalue weighted by Gasteiger charge is -2.17. The molecule has 0 aliphatic carbocycles. The van der Waals surface area contributed by atoms with E-state index in [1.807, 2.05) is 25.1 Å². The molecule has 2 aromatic carbocycles.